The van der Waals surface area contributed by atoms with Gasteiger partial charge in [0.1, 0.15) is 11.5 Å². The fourth-order valence-corrected chi connectivity index (χ4v) is 3.70. The predicted octanol–water partition coefficient (Wildman–Crippen LogP) is 5.66. The van der Waals surface area contributed by atoms with Crippen LogP contribution in [0, 0.1) is 6.92 Å². The molecule has 0 fully saturated rings. The minimum absolute atomic E-state index is 0.134. The summed E-state index contributed by atoms with van der Waals surface area (Å²) in [6.45, 7) is 7.82. The Balaban J connectivity index is 1.46. The van der Waals surface area contributed by atoms with Crippen molar-refractivity contribution in [1.82, 2.24) is 4.98 Å². The van der Waals surface area contributed by atoms with Crippen LogP contribution >= 0.6 is 11.3 Å². The molecule has 2 heterocycles. The van der Waals surface area contributed by atoms with Gasteiger partial charge >= 0.3 is 0 Å². The van der Waals surface area contributed by atoms with Crippen molar-refractivity contribution in [2.45, 2.75) is 46.3 Å². The van der Waals surface area contributed by atoms with Gasteiger partial charge in [-0.25, -0.2) is 4.98 Å². The average Bonchev–Trinajstić information content (AvgIpc) is 3.38. The summed E-state index contributed by atoms with van der Waals surface area (Å²) in [4.78, 5) is 5.66. The summed E-state index contributed by atoms with van der Waals surface area (Å²) in [5, 5.41) is 2.02. The van der Waals surface area contributed by atoms with Crippen LogP contribution in [0.4, 0.5) is 0 Å². The second-order valence-electron chi connectivity index (χ2n) is 6.62. The molecule has 6 heteroatoms. The van der Waals surface area contributed by atoms with E-state index in [1.54, 1.807) is 11.3 Å². The maximum atomic E-state index is 5.89. The Morgan fingerprint density at radius 1 is 1.03 bits per heavy atom. The predicted molar refractivity (Wildman–Crippen MR) is 116 cm³/mol. The van der Waals surface area contributed by atoms with Crippen LogP contribution in [0.5, 0.6) is 5.75 Å². The van der Waals surface area contributed by atoms with Crippen molar-refractivity contribution in [1.29, 1.82) is 0 Å². The van der Waals surface area contributed by atoms with Gasteiger partial charge in [0.2, 0.25) is 5.89 Å². The van der Waals surface area contributed by atoms with Gasteiger partial charge in [-0.05, 0) is 56.3 Å². The van der Waals surface area contributed by atoms with Crippen LogP contribution in [-0.2, 0) is 22.3 Å². The van der Waals surface area contributed by atoms with Crippen molar-refractivity contribution in [3.05, 3.63) is 58.8 Å². The number of hydrogen-bond acceptors (Lipinski definition) is 6. The summed E-state index contributed by atoms with van der Waals surface area (Å²) >= 11 is 1.63. The largest absolute Gasteiger partial charge is 0.493 e. The molecule has 0 unspecified atom stereocenters. The van der Waals surface area contributed by atoms with Crippen LogP contribution in [0.15, 0.2) is 46.2 Å². The van der Waals surface area contributed by atoms with Crippen LogP contribution in [0.1, 0.15) is 37.3 Å². The molecule has 0 saturated carbocycles. The van der Waals surface area contributed by atoms with Crippen molar-refractivity contribution in [2.24, 2.45) is 0 Å². The molecule has 0 atom stereocenters. The van der Waals surface area contributed by atoms with E-state index in [9.17, 15) is 0 Å². The van der Waals surface area contributed by atoms with E-state index in [4.69, 9.17) is 18.6 Å². The van der Waals surface area contributed by atoms with Crippen LogP contribution in [0.3, 0.4) is 0 Å². The number of aryl methyl sites for hydroxylation is 2. The number of aromatic nitrogens is 1. The Hall–Kier alpha value is -2.15. The zero-order valence-electron chi connectivity index (χ0n) is 17.3. The highest BCUT2D eigenvalue weighted by Crippen LogP contribution is 2.26. The summed E-state index contributed by atoms with van der Waals surface area (Å²) in [7, 11) is 0. The molecule has 2 aromatic heterocycles. The summed E-state index contributed by atoms with van der Waals surface area (Å²) in [6.07, 6.45) is 2.34. The highest BCUT2D eigenvalue weighted by molar-refractivity contribution is 7.13. The monoisotopic (exact) mass is 415 g/mol. The first-order chi connectivity index (χ1) is 14.2. The Morgan fingerprint density at radius 3 is 2.45 bits per heavy atom. The van der Waals surface area contributed by atoms with Crippen molar-refractivity contribution in [2.75, 3.05) is 19.8 Å². The van der Waals surface area contributed by atoms with Crippen LogP contribution in [0.2, 0.25) is 0 Å². The van der Waals surface area contributed by atoms with Crippen LogP contribution in [-0.4, -0.2) is 31.1 Å². The lowest BCUT2D eigenvalue weighted by molar-refractivity contribution is -0.139. The Labute approximate surface area is 176 Å². The minimum Gasteiger partial charge on any atom is -0.493 e. The molecule has 0 aliphatic heterocycles. The third kappa shape index (κ3) is 6.42. The molecule has 0 saturated heterocycles. The topological polar surface area (TPSA) is 53.7 Å². The molecular formula is C23H29NO4S. The Morgan fingerprint density at radius 2 is 1.79 bits per heavy atom. The van der Waals surface area contributed by atoms with Gasteiger partial charge in [-0.1, -0.05) is 18.2 Å². The maximum Gasteiger partial charge on any atom is 0.236 e. The van der Waals surface area contributed by atoms with Gasteiger partial charge in [0.05, 0.1) is 17.2 Å². The smallest absolute Gasteiger partial charge is 0.236 e. The first-order valence-corrected chi connectivity index (χ1v) is 11.0. The second-order valence-corrected chi connectivity index (χ2v) is 7.57. The number of nitrogens with zero attached hydrogens (tertiary/aromatic N) is 1. The van der Waals surface area contributed by atoms with E-state index in [1.807, 2.05) is 50.4 Å². The molecule has 0 aliphatic rings. The van der Waals surface area contributed by atoms with Crippen molar-refractivity contribution < 1.29 is 18.6 Å². The third-order valence-electron chi connectivity index (χ3n) is 4.53. The van der Waals surface area contributed by atoms with E-state index in [0.29, 0.717) is 32.1 Å². The number of oxazole rings is 1. The van der Waals surface area contributed by atoms with Gasteiger partial charge in [-0.2, -0.15) is 0 Å². The van der Waals surface area contributed by atoms with Crippen molar-refractivity contribution in [3.8, 4) is 16.5 Å². The number of hydrogen-bond donors (Lipinski definition) is 0. The molecule has 3 rings (SSSR count). The standard InChI is InChI=1S/C23H29NO4S/c1-4-25-22(26-5-2)13-10-18-8-11-19(12-9-18)27-15-14-20-17(3)28-23(24-20)21-7-6-16-29-21/h6-9,11-12,16,22H,4-5,10,13-15H2,1-3H3. The molecule has 0 bridgehead atoms. The molecule has 156 valence electrons. The molecule has 3 aromatic rings. The first-order valence-electron chi connectivity index (χ1n) is 10.1. The highest BCUT2D eigenvalue weighted by atomic mass is 32.1. The lowest BCUT2D eigenvalue weighted by Gasteiger charge is -2.16. The van der Waals surface area contributed by atoms with E-state index in [1.165, 1.54) is 5.56 Å². The SMILES string of the molecule is CCOC(CCc1ccc(OCCc2nc(-c3cccs3)oc2C)cc1)OCC. The zero-order valence-corrected chi connectivity index (χ0v) is 18.2. The van der Waals surface area contributed by atoms with Gasteiger partial charge in [-0.3, -0.25) is 0 Å². The van der Waals surface area contributed by atoms with Gasteiger partial charge in [0.25, 0.3) is 0 Å². The summed E-state index contributed by atoms with van der Waals surface area (Å²) in [6, 6.07) is 12.2. The van der Waals surface area contributed by atoms with E-state index >= 15 is 0 Å². The zero-order chi connectivity index (χ0) is 20.5. The van der Waals surface area contributed by atoms with E-state index in [0.717, 1.165) is 34.9 Å². The third-order valence-corrected chi connectivity index (χ3v) is 5.39. The first kappa shape index (κ1) is 21.6. The normalized spacial score (nSPS) is 11.3. The maximum absolute atomic E-state index is 5.89. The summed E-state index contributed by atoms with van der Waals surface area (Å²) in [5.41, 5.74) is 2.19. The molecule has 0 radical (unpaired) electrons. The fourth-order valence-electron chi connectivity index (χ4n) is 3.05. The number of benzene rings is 1. The summed E-state index contributed by atoms with van der Waals surface area (Å²) in [5.74, 6) is 2.40. The highest BCUT2D eigenvalue weighted by Gasteiger charge is 2.12. The fraction of sp³-hybridized carbons (Fsp3) is 0.435. The minimum atomic E-state index is -0.134. The van der Waals surface area contributed by atoms with Gasteiger partial charge in [0.15, 0.2) is 6.29 Å². The molecule has 5 nitrogen and oxygen atoms in total. The molecule has 0 N–H and O–H groups in total. The molecular weight excluding hydrogens is 386 g/mol. The van der Waals surface area contributed by atoms with E-state index < -0.39 is 0 Å². The van der Waals surface area contributed by atoms with Gasteiger partial charge < -0.3 is 18.6 Å². The Bertz CT molecular complexity index is 836. The van der Waals surface area contributed by atoms with E-state index in [2.05, 4.69) is 17.1 Å². The second kappa shape index (κ2) is 11.1. The quantitative estimate of drug-likeness (QED) is 0.357. The van der Waals surface area contributed by atoms with E-state index in [-0.39, 0.29) is 6.29 Å². The van der Waals surface area contributed by atoms with Gasteiger partial charge in [0, 0.05) is 26.1 Å². The molecule has 0 amide bonds. The number of ether oxygens (including phenoxy) is 3. The van der Waals surface area contributed by atoms with Gasteiger partial charge in [-0.15, -0.1) is 11.3 Å². The lowest BCUT2D eigenvalue weighted by atomic mass is 10.1. The van der Waals surface area contributed by atoms with Crippen molar-refractivity contribution in [3.63, 3.8) is 0 Å². The molecule has 1 aromatic carbocycles. The van der Waals surface area contributed by atoms with Crippen LogP contribution in [0.25, 0.3) is 10.8 Å². The summed E-state index contributed by atoms with van der Waals surface area (Å²) < 4.78 is 22.9. The Kier molecular flexibility index (Phi) is 8.28. The molecule has 29 heavy (non-hydrogen) atoms. The average molecular weight is 416 g/mol. The van der Waals surface area contributed by atoms with Crippen molar-refractivity contribution >= 4 is 11.3 Å². The molecule has 0 spiro atoms. The number of rotatable bonds is 12. The van der Waals surface area contributed by atoms with Crippen LogP contribution < -0.4 is 4.74 Å². The number of thiophene rings is 1. The molecule has 0 aliphatic carbocycles. The lowest BCUT2D eigenvalue weighted by Crippen LogP contribution is -2.18.